The monoisotopic (exact) mass is 261 g/mol. The molecule has 0 unspecified atom stereocenters. The summed E-state index contributed by atoms with van der Waals surface area (Å²) in [6, 6.07) is 18.1. The Morgan fingerprint density at radius 3 is 2.40 bits per heavy atom. The molecule has 0 amide bonds. The van der Waals surface area contributed by atoms with Crippen LogP contribution < -0.4 is 0 Å². The molecule has 1 aromatic heterocycles. The number of aromatic amines is 1. The Morgan fingerprint density at radius 1 is 1.00 bits per heavy atom. The van der Waals surface area contributed by atoms with E-state index < -0.39 is 0 Å². The van der Waals surface area contributed by atoms with Crippen molar-refractivity contribution in [1.82, 2.24) is 4.98 Å². The first kappa shape index (κ1) is 12.4. The Labute approximate surface area is 117 Å². The maximum atomic E-state index is 11.0. The molecular formula is C18H15NO. The van der Waals surface area contributed by atoms with E-state index in [-0.39, 0.29) is 0 Å². The van der Waals surface area contributed by atoms with Crippen LogP contribution in [0.4, 0.5) is 0 Å². The summed E-state index contributed by atoms with van der Waals surface area (Å²) in [5.41, 5.74) is 5.22. The van der Waals surface area contributed by atoms with Gasteiger partial charge in [0.15, 0.2) is 0 Å². The first-order valence-corrected chi connectivity index (χ1v) is 6.60. The van der Waals surface area contributed by atoms with Gasteiger partial charge in [-0.1, -0.05) is 48.5 Å². The average Bonchev–Trinajstić information content (AvgIpc) is 2.83. The second-order valence-corrected chi connectivity index (χ2v) is 4.75. The van der Waals surface area contributed by atoms with Crippen LogP contribution in [0, 0.1) is 6.92 Å². The van der Waals surface area contributed by atoms with E-state index in [2.05, 4.69) is 24.0 Å². The molecule has 0 fully saturated rings. The molecule has 2 aromatic carbocycles. The number of H-pyrrole nitrogens is 1. The van der Waals surface area contributed by atoms with Crippen molar-refractivity contribution in [2.75, 3.05) is 0 Å². The van der Waals surface area contributed by atoms with Crippen LogP contribution in [0.2, 0.25) is 0 Å². The molecule has 3 rings (SSSR count). The molecule has 0 aliphatic carbocycles. The first-order chi connectivity index (χ1) is 9.81. The van der Waals surface area contributed by atoms with Gasteiger partial charge in [0.25, 0.3) is 0 Å². The number of fused-ring (bicyclic) bond motifs is 1. The number of hydrogen-bond acceptors (Lipinski definition) is 1. The highest BCUT2D eigenvalue weighted by atomic mass is 16.1. The fourth-order valence-corrected chi connectivity index (χ4v) is 2.56. The van der Waals surface area contributed by atoms with E-state index in [0.717, 1.165) is 34.2 Å². The number of aldehydes is 1. The van der Waals surface area contributed by atoms with Crippen molar-refractivity contribution in [3.8, 4) is 0 Å². The van der Waals surface area contributed by atoms with E-state index in [0.29, 0.717) is 0 Å². The van der Waals surface area contributed by atoms with Gasteiger partial charge >= 0.3 is 0 Å². The van der Waals surface area contributed by atoms with Crippen LogP contribution in [-0.2, 0) is 4.79 Å². The van der Waals surface area contributed by atoms with Gasteiger partial charge in [-0.2, -0.15) is 0 Å². The number of carbonyl (C=O) groups excluding carboxylic acids is 1. The second-order valence-electron chi connectivity index (χ2n) is 4.75. The summed E-state index contributed by atoms with van der Waals surface area (Å²) in [7, 11) is 0. The highest BCUT2D eigenvalue weighted by Crippen LogP contribution is 2.30. The van der Waals surface area contributed by atoms with Crippen LogP contribution in [0.3, 0.4) is 0 Å². The largest absolute Gasteiger partial charge is 0.354 e. The van der Waals surface area contributed by atoms with Gasteiger partial charge in [-0.05, 0) is 30.2 Å². The zero-order valence-electron chi connectivity index (χ0n) is 11.3. The molecule has 0 saturated carbocycles. The van der Waals surface area contributed by atoms with Gasteiger partial charge in [-0.25, -0.2) is 0 Å². The first-order valence-electron chi connectivity index (χ1n) is 6.60. The predicted molar refractivity (Wildman–Crippen MR) is 82.6 cm³/mol. The van der Waals surface area contributed by atoms with Crippen LogP contribution in [0.5, 0.6) is 0 Å². The van der Waals surface area contributed by atoms with Gasteiger partial charge in [0.05, 0.1) is 5.69 Å². The number of allylic oxidation sites excluding steroid dienone is 1. The molecule has 3 aromatic rings. The lowest BCUT2D eigenvalue weighted by Crippen LogP contribution is -1.91. The smallest absolute Gasteiger partial charge is 0.143 e. The number of hydrogen-bond donors (Lipinski definition) is 1. The summed E-state index contributed by atoms with van der Waals surface area (Å²) >= 11 is 0. The molecule has 0 bridgehead atoms. The normalized spacial score (nSPS) is 11.8. The minimum absolute atomic E-state index is 0.841. The summed E-state index contributed by atoms with van der Waals surface area (Å²) in [6.07, 6.45) is 2.46. The quantitative estimate of drug-likeness (QED) is 0.558. The highest BCUT2D eigenvalue weighted by molar-refractivity contribution is 5.95. The molecule has 0 atom stereocenters. The van der Waals surface area contributed by atoms with Crippen molar-refractivity contribution in [1.29, 1.82) is 0 Å². The molecule has 1 heterocycles. The Kier molecular flexibility index (Phi) is 3.21. The number of carbonyl (C=O) groups is 1. The van der Waals surface area contributed by atoms with Gasteiger partial charge in [-0.3, -0.25) is 4.79 Å². The number of benzene rings is 2. The third kappa shape index (κ3) is 2.05. The molecule has 20 heavy (non-hydrogen) atoms. The van der Waals surface area contributed by atoms with Crippen molar-refractivity contribution in [3.63, 3.8) is 0 Å². The Balaban J connectivity index is 2.23. The number of aryl methyl sites for hydroxylation is 1. The zero-order valence-corrected chi connectivity index (χ0v) is 11.3. The maximum absolute atomic E-state index is 11.0. The lowest BCUT2D eigenvalue weighted by atomic mass is 9.99. The van der Waals surface area contributed by atoms with Gasteiger partial charge in [0, 0.05) is 16.5 Å². The Hall–Kier alpha value is -2.61. The Morgan fingerprint density at radius 2 is 1.70 bits per heavy atom. The molecular weight excluding hydrogens is 246 g/mol. The van der Waals surface area contributed by atoms with E-state index in [1.54, 1.807) is 6.08 Å². The summed E-state index contributed by atoms with van der Waals surface area (Å²) < 4.78 is 0. The van der Waals surface area contributed by atoms with Crippen LogP contribution in [0.15, 0.2) is 60.7 Å². The summed E-state index contributed by atoms with van der Waals surface area (Å²) in [6.45, 7) is 2.08. The van der Waals surface area contributed by atoms with Crippen LogP contribution >= 0.6 is 0 Å². The molecule has 0 radical (unpaired) electrons. The topological polar surface area (TPSA) is 32.9 Å². The molecule has 2 nitrogen and oxygen atoms in total. The van der Waals surface area contributed by atoms with Crippen molar-refractivity contribution < 1.29 is 4.79 Å². The van der Waals surface area contributed by atoms with Gasteiger partial charge in [0.2, 0.25) is 0 Å². The molecule has 0 saturated heterocycles. The molecule has 0 aliphatic rings. The molecule has 1 N–H and O–H groups in total. The highest BCUT2D eigenvalue weighted by Gasteiger charge is 2.12. The number of nitrogens with one attached hydrogen (secondary N) is 1. The molecule has 98 valence electrons. The maximum Gasteiger partial charge on any atom is 0.143 e. The number of aromatic nitrogens is 1. The van der Waals surface area contributed by atoms with Gasteiger partial charge in [-0.15, -0.1) is 0 Å². The lowest BCUT2D eigenvalue weighted by molar-refractivity contribution is -0.104. The number of para-hydroxylation sites is 1. The predicted octanol–water partition coefficient (Wildman–Crippen LogP) is 4.11. The SMILES string of the molecule is Cc1c(C(=CC=O)c2ccccc2)[nH]c2ccccc12. The third-order valence-electron chi connectivity index (χ3n) is 3.55. The van der Waals surface area contributed by atoms with E-state index in [9.17, 15) is 4.79 Å². The van der Waals surface area contributed by atoms with Crippen LogP contribution in [0.25, 0.3) is 16.5 Å². The van der Waals surface area contributed by atoms with Crippen molar-refractivity contribution >= 4 is 22.8 Å². The summed E-state index contributed by atoms with van der Waals surface area (Å²) in [5, 5.41) is 1.19. The number of rotatable bonds is 3. The average molecular weight is 261 g/mol. The van der Waals surface area contributed by atoms with E-state index in [1.807, 2.05) is 42.5 Å². The van der Waals surface area contributed by atoms with E-state index >= 15 is 0 Å². The molecule has 0 spiro atoms. The summed E-state index contributed by atoms with van der Waals surface area (Å²) in [4.78, 5) is 14.4. The third-order valence-corrected chi connectivity index (χ3v) is 3.55. The fraction of sp³-hybridized carbons (Fsp3) is 0.0556. The van der Waals surface area contributed by atoms with Crippen molar-refractivity contribution in [2.45, 2.75) is 6.92 Å². The standard InChI is InChI=1S/C18H15NO/c1-13-15-9-5-6-10-17(15)19-18(13)16(11-12-20)14-7-3-2-4-8-14/h2-12,19H,1H3. The van der Waals surface area contributed by atoms with E-state index in [4.69, 9.17) is 0 Å². The lowest BCUT2D eigenvalue weighted by Gasteiger charge is -2.06. The zero-order chi connectivity index (χ0) is 13.9. The van der Waals surface area contributed by atoms with E-state index in [1.165, 1.54) is 5.39 Å². The van der Waals surface area contributed by atoms with Crippen molar-refractivity contribution in [3.05, 3.63) is 77.5 Å². The van der Waals surface area contributed by atoms with Crippen LogP contribution in [-0.4, -0.2) is 11.3 Å². The van der Waals surface area contributed by atoms with Crippen LogP contribution in [0.1, 0.15) is 16.8 Å². The fourth-order valence-electron chi connectivity index (χ4n) is 2.56. The summed E-state index contributed by atoms with van der Waals surface area (Å²) in [5.74, 6) is 0. The minimum atomic E-state index is 0.841. The molecule has 0 aliphatic heterocycles. The Bertz CT molecular complexity index is 782. The van der Waals surface area contributed by atoms with Gasteiger partial charge in [0.1, 0.15) is 6.29 Å². The van der Waals surface area contributed by atoms with Gasteiger partial charge < -0.3 is 4.98 Å². The second kappa shape index (κ2) is 5.17. The van der Waals surface area contributed by atoms with Crippen molar-refractivity contribution in [2.24, 2.45) is 0 Å². The minimum Gasteiger partial charge on any atom is -0.354 e. The molecule has 2 heteroatoms.